The van der Waals surface area contributed by atoms with Gasteiger partial charge in [-0.1, -0.05) is 12.1 Å². The number of hydrogen-bond acceptors (Lipinski definition) is 11. The average molecular weight is 526 g/mol. The van der Waals surface area contributed by atoms with Gasteiger partial charge in [0.15, 0.2) is 9.84 Å². The number of sulfone groups is 1. The van der Waals surface area contributed by atoms with Gasteiger partial charge < -0.3 is 30.3 Å². The standard InChI is InChI=1S/C25H31N7O4S/c1-35-21-15-18(32-12-9-25(10-13-32)16-26-11-14-36-25)7-8-19(21)29-23-27-17-28-24(31-23)30-20-5-3-4-6-22(20)37(2,33)34/h3-8,15,17,26H,9-14,16H2,1-2H3,(H2,27,28,29,30,31). The smallest absolute Gasteiger partial charge is 0.232 e. The molecule has 1 spiro atoms. The van der Waals surface area contributed by atoms with Gasteiger partial charge in [0, 0.05) is 44.2 Å². The Labute approximate surface area is 216 Å². The van der Waals surface area contributed by atoms with Gasteiger partial charge in [-0.3, -0.25) is 0 Å². The molecule has 2 aliphatic rings. The number of piperidine rings is 1. The topological polar surface area (TPSA) is 131 Å². The molecule has 3 aromatic rings. The second-order valence-electron chi connectivity index (χ2n) is 9.23. The van der Waals surface area contributed by atoms with Crippen molar-refractivity contribution in [1.29, 1.82) is 0 Å². The Kier molecular flexibility index (Phi) is 7.13. The first-order valence-corrected chi connectivity index (χ1v) is 14.0. The lowest BCUT2D eigenvalue weighted by Gasteiger charge is -2.44. The monoisotopic (exact) mass is 525 g/mol. The van der Waals surface area contributed by atoms with E-state index in [1.54, 1.807) is 25.3 Å². The molecule has 2 fully saturated rings. The van der Waals surface area contributed by atoms with Crippen LogP contribution in [0.1, 0.15) is 12.8 Å². The summed E-state index contributed by atoms with van der Waals surface area (Å²) in [6.45, 7) is 4.43. The third-order valence-corrected chi connectivity index (χ3v) is 7.87. The molecule has 0 saturated carbocycles. The second-order valence-corrected chi connectivity index (χ2v) is 11.2. The molecule has 2 saturated heterocycles. The van der Waals surface area contributed by atoms with Crippen LogP contribution in [-0.2, 0) is 14.6 Å². The van der Waals surface area contributed by atoms with Crippen molar-refractivity contribution in [2.24, 2.45) is 0 Å². The molecule has 1 aromatic heterocycles. The summed E-state index contributed by atoms with van der Waals surface area (Å²) in [4.78, 5) is 15.2. The van der Waals surface area contributed by atoms with Crippen LogP contribution in [0.2, 0.25) is 0 Å². The molecule has 37 heavy (non-hydrogen) atoms. The zero-order valence-electron chi connectivity index (χ0n) is 20.9. The highest BCUT2D eigenvalue weighted by Gasteiger charge is 2.37. The number of aromatic nitrogens is 3. The third kappa shape index (κ3) is 5.76. The number of hydrogen-bond donors (Lipinski definition) is 3. The summed E-state index contributed by atoms with van der Waals surface area (Å²) in [5, 5.41) is 9.61. The maximum atomic E-state index is 12.1. The predicted molar refractivity (Wildman–Crippen MR) is 142 cm³/mol. The lowest BCUT2D eigenvalue weighted by molar-refractivity contribution is -0.0799. The van der Waals surface area contributed by atoms with Crippen molar-refractivity contribution in [3.05, 3.63) is 48.8 Å². The summed E-state index contributed by atoms with van der Waals surface area (Å²) in [5.41, 5.74) is 2.12. The van der Waals surface area contributed by atoms with E-state index >= 15 is 0 Å². The maximum Gasteiger partial charge on any atom is 0.232 e. The predicted octanol–water partition coefficient (Wildman–Crippen LogP) is 2.73. The van der Waals surface area contributed by atoms with Gasteiger partial charge in [-0.2, -0.15) is 4.98 Å². The number of nitrogens with one attached hydrogen (secondary N) is 3. The molecule has 0 radical (unpaired) electrons. The molecular formula is C25H31N7O4S. The van der Waals surface area contributed by atoms with E-state index in [2.05, 4.69) is 35.8 Å². The number of methoxy groups -OCH3 is 1. The van der Waals surface area contributed by atoms with Crippen LogP contribution in [0.3, 0.4) is 0 Å². The summed E-state index contributed by atoms with van der Waals surface area (Å²) < 4.78 is 36.0. The van der Waals surface area contributed by atoms with E-state index < -0.39 is 9.84 Å². The first-order chi connectivity index (χ1) is 17.9. The maximum absolute atomic E-state index is 12.1. The van der Waals surface area contributed by atoms with E-state index in [0.29, 0.717) is 23.1 Å². The Hall–Kier alpha value is -3.48. The fourth-order valence-electron chi connectivity index (χ4n) is 4.73. The van der Waals surface area contributed by atoms with Gasteiger partial charge in [-0.05, 0) is 37.1 Å². The molecule has 5 rings (SSSR count). The van der Waals surface area contributed by atoms with Crippen LogP contribution in [0.25, 0.3) is 0 Å². The third-order valence-electron chi connectivity index (χ3n) is 6.71. The van der Waals surface area contributed by atoms with E-state index in [0.717, 1.165) is 57.6 Å². The van der Waals surface area contributed by atoms with Crippen molar-refractivity contribution < 1.29 is 17.9 Å². The van der Waals surface area contributed by atoms with Crippen molar-refractivity contribution in [3.63, 3.8) is 0 Å². The van der Waals surface area contributed by atoms with Gasteiger partial charge in [0.25, 0.3) is 0 Å². The van der Waals surface area contributed by atoms with E-state index in [-0.39, 0.29) is 16.4 Å². The van der Waals surface area contributed by atoms with Gasteiger partial charge in [0.05, 0.1) is 35.6 Å². The van der Waals surface area contributed by atoms with Crippen LogP contribution >= 0.6 is 0 Å². The SMILES string of the molecule is COc1cc(N2CCC3(CC2)CNCCO3)ccc1Nc1ncnc(Nc2ccccc2S(C)(=O)=O)n1. The highest BCUT2D eigenvalue weighted by atomic mass is 32.2. The Balaban J connectivity index is 1.29. The minimum atomic E-state index is -3.42. The quantitative estimate of drug-likeness (QED) is 0.421. The summed E-state index contributed by atoms with van der Waals surface area (Å²) in [6, 6.07) is 12.6. The molecule has 196 valence electrons. The Morgan fingerprint density at radius 1 is 1.05 bits per heavy atom. The highest BCUT2D eigenvalue weighted by molar-refractivity contribution is 7.90. The van der Waals surface area contributed by atoms with Crippen molar-refractivity contribution in [3.8, 4) is 5.75 Å². The van der Waals surface area contributed by atoms with Gasteiger partial charge in [0.2, 0.25) is 11.9 Å². The van der Waals surface area contributed by atoms with Crippen molar-refractivity contribution in [2.75, 3.05) is 61.7 Å². The molecule has 0 amide bonds. The first-order valence-electron chi connectivity index (χ1n) is 12.2. The number of morpholine rings is 1. The van der Waals surface area contributed by atoms with Crippen LogP contribution in [0.4, 0.5) is 29.0 Å². The zero-order chi connectivity index (χ0) is 25.9. The normalized spacial score (nSPS) is 17.4. The van der Waals surface area contributed by atoms with E-state index in [1.807, 2.05) is 18.2 Å². The number of anilines is 5. The molecule has 2 aromatic carbocycles. The summed E-state index contributed by atoms with van der Waals surface area (Å²) in [7, 11) is -1.80. The Bertz CT molecular complexity index is 1350. The van der Waals surface area contributed by atoms with E-state index in [9.17, 15) is 8.42 Å². The number of rotatable bonds is 7. The van der Waals surface area contributed by atoms with Crippen LogP contribution in [0, 0.1) is 0 Å². The lowest BCUT2D eigenvalue weighted by atomic mass is 9.90. The minimum Gasteiger partial charge on any atom is -0.494 e. The van der Waals surface area contributed by atoms with Gasteiger partial charge in [0.1, 0.15) is 12.1 Å². The van der Waals surface area contributed by atoms with Gasteiger partial charge in [-0.15, -0.1) is 0 Å². The molecular weight excluding hydrogens is 494 g/mol. The number of benzene rings is 2. The van der Waals surface area contributed by atoms with Crippen molar-refractivity contribution in [2.45, 2.75) is 23.3 Å². The van der Waals surface area contributed by atoms with Crippen molar-refractivity contribution in [1.82, 2.24) is 20.3 Å². The summed E-state index contributed by atoms with van der Waals surface area (Å²) in [6.07, 6.45) is 4.47. The van der Waals surface area contributed by atoms with E-state index in [1.165, 1.54) is 12.4 Å². The highest BCUT2D eigenvalue weighted by Crippen LogP contribution is 2.35. The molecule has 0 bridgehead atoms. The van der Waals surface area contributed by atoms with Gasteiger partial charge >= 0.3 is 0 Å². The average Bonchev–Trinajstić information content (AvgIpc) is 2.90. The zero-order valence-corrected chi connectivity index (χ0v) is 21.7. The van der Waals surface area contributed by atoms with E-state index in [4.69, 9.17) is 9.47 Å². The number of ether oxygens (including phenoxy) is 2. The largest absolute Gasteiger partial charge is 0.494 e. The fraction of sp³-hybridized carbons (Fsp3) is 0.400. The second kappa shape index (κ2) is 10.5. The van der Waals surface area contributed by atoms with Crippen molar-refractivity contribution >= 4 is 38.8 Å². The van der Waals surface area contributed by atoms with Crippen LogP contribution in [0.15, 0.2) is 53.7 Å². The number of para-hydroxylation sites is 1. The van der Waals surface area contributed by atoms with Gasteiger partial charge in [-0.25, -0.2) is 18.4 Å². The molecule has 12 heteroatoms. The molecule has 2 aliphatic heterocycles. The lowest BCUT2D eigenvalue weighted by Crippen LogP contribution is -2.55. The fourth-order valence-corrected chi connectivity index (χ4v) is 5.58. The first kappa shape index (κ1) is 25.2. The molecule has 3 N–H and O–H groups in total. The number of nitrogens with zero attached hydrogens (tertiary/aromatic N) is 4. The summed E-state index contributed by atoms with van der Waals surface area (Å²) in [5.74, 6) is 1.17. The molecule has 11 nitrogen and oxygen atoms in total. The minimum absolute atomic E-state index is 0.0490. The Morgan fingerprint density at radius 2 is 1.78 bits per heavy atom. The van der Waals surface area contributed by atoms with Crippen LogP contribution < -0.4 is 25.6 Å². The molecule has 0 unspecified atom stereocenters. The summed E-state index contributed by atoms with van der Waals surface area (Å²) >= 11 is 0. The molecule has 0 aliphatic carbocycles. The van der Waals surface area contributed by atoms with Crippen LogP contribution in [-0.4, -0.2) is 75.1 Å². The van der Waals surface area contributed by atoms with Crippen LogP contribution in [0.5, 0.6) is 5.75 Å². The molecule has 3 heterocycles. The Morgan fingerprint density at radius 3 is 2.46 bits per heavy atom. The molecule has 0 atom stereocenters.